The van der Waals surface area contributed by atoms with E-state index in [-0.39, 0.29) is 6.04 Å². The number of nitrogens with two attached hydrogens (primary N) is 1. The van der Waals surface area contributed by atoms with Crippen LogP contribution in [0.2, 0.25) is 5.02 Å². The molecule has 0 aliphatic heterocycles. The lowest BCUT2D eigenvalue weighted by Crippen LogP contribution is -2.13. The largest absolute Gasteiger partial charge is 0.324 e. The second-order valence-corrected chi connectivity index (χ2v) is 6.55. The summed E-state index contributed by atoms with van der Waals surface area (Å²) in [5, 5.41) is 3.20. The van der Waals surface area contributed by atoms with E-state index in [1.54, 1.807) is 0 Å². The predicted molar refractivity (Wildman–Crippen MR) is 93.7 cm³/mol. The molecule has 3 heteroatoms. The Hall–Kier alpha value is -1.35. The molecule has 3 aromatic rings. The third-order valence-electron chi connectivity index (χ3n) is 3.58. The van der Waals surface area contributed by atoms with Crippen molar-refractivity contribution in [2.75, 3.05) is 0 Å². The third-order valence-corrected chi connectivity index (χ3v) is 4.26. The summed E-state index contributed by atoms with van der Waals surface area (Å²) in [5.41, 5.74) is 8.61. The Labute approximate surface area is 137 Å². The summed E-state index contributed by atoms with van der Waals surface area (Å²) in [4.78, 5) is 0. The monoisotopic (exact) mass is 359 g/mol. The van der Waals surface area contributed by atoms with Crippen LogP contribution in [0.4, 0.5) is 0 Å². The molecule has 0 radical (unpaired) electrons. The maximum absolute atomic E-state index is 6.33. The third kappa shape index (κ3) is 3.46. The quantitative estimate of drug-likeness (QED) is 0.656. The molecule has 0 spiro atoms. The maximum atomic E-state index is 6.33. The fourth-order valence-corrected chi connectivity index (χ4v) is 3.41. The summed E-state index contributed by atoms with van der Waals surface area (Å²) in [6.07, 6.45) is 0.789. The minimum atomic E-state index is -0.0684. The fourth-order valence-electron chi connectivity index (χ4n) is 2.53. The van der Waals surface area contributed by atoms with Crippen LogP contribution in [0.15, 0.2) is 65.1 Å². The predicted octanol–water partition coefficient (Wildman–Crippen LogP) is 5.50. The van der Waals surface area contributed by atoms with Gasteiger partial charge in [-0.15, -0.1) is 0 Å². The molecule has 3 rings (SSSR count). The van der Waals surface area contributed by atoms with Crippen molar-refractivity contribution in [1.29, 1.82) is 0 Å². The van der Waals surface area contributed by atoms with E-state index in [2.05, 4.69) is 58.4 Å². The van der Waals surface area contributed by atoms with E-state index in [0.29, 0.717) is 5.02 Å². The lowest BCUT2D eigenvalue weighted by atomic mass is 9.98. The van der Waals surface area contributed by atoms with Crippen molar-refractivity contribution < 1.29 is 0 Å². The van der Waals surface area contributed by atoms with Gasteiger partial charge in [0.2, 0.25) is 0 Å². The Morgan fingerprint density at radius 2 is 1.71 bits per heavy atom. The van der Waals surface area contributed by atoms with Crippen molar-refractivity contribution >= 4 is 38.3 Å². The van der Waals surface area contributed by atoms with Gasteiger partial charge in [-0.3, -0.25) is 0 Å². The van der Waals surface area contributed by atoms with E-state index < -0.39 is 0 Å². The smallest absolute Gasteiger partial charge is 0.0420 e. The molecular weight excluding hydrogens is 346 g/mol. The van der Waals surface area contributed by atoms with Gasteiger partial charge < -0.3 is 5.73 Å². The van der Waals surface area contributed by atoms with Crippen molar-refractivity contribution in [3.05, 3.63) is 81.3 Å². The molecule has 0 amide bonds. The van der Waals surface area contributed by atoms with E-state index in [1.807, 2.05) is 18.2 Å². The van der Waals surface area contributed by atoms with Gasteiger partial charge in [-0.1, -0.05) is 70.0 Å². The van der Waals surface area contributed by atoms with Gasteiger partial charge in [0.05, 0.1) is 0 Å². The van der Waals surface area contributed by atoms with Crippen LogP contribution in [0.1, 0.15) is 17.2 Å². The maximum Gasteiger partial charge on any atom is 0.0420 e. The molecule has 0 fully saturated rings. The molecule has 1 unspecified atom stereocenters. The van der Waals surface area contributed by atoms with Crippen molar-refractivity contribution in [3.8, 4) is 0 Å². The molecule has 2 N–H and O–H groups in total. The molecule has 0 saturated carbocycles. The highest BCUT2D eigenvalue weighted by Crippen LogP contribution is 2.25. The van der Waals surface area contributed by atoms with E-state index in [0.717, 1.165) is 16.5 Å². The van der Waals surface area contributed by atoms with Gasteiger partial charge in [-0.25, -0.2) is 0 Å². The molecule has 1 atom stereocenters. The van der Waals surface area contributed by atoms with E-state index in [9.17, 15) is 0 Å². The van der Waals surface area contributed by atoms with Crippen LogP contribution < -0.4 is 5.73 Å². The molecule has 0 saturated heterocycles. The second-order valence-electron chi connectivity index (χ2n) is 5.19. The molecule has 1 nitrogen and oxygen atoms in total. The van der Waals surface area contributed by atoms with Gasteiger partial charge in [0.15, 0.2) is 0 Å². The van der Waals surface area contributed by atoms with Gasteiger partial charge in [-0.2, -0.15) is 0 Å². The first kappa shape index (κ1) is 14.6. The van der Waals surface area contributed by atoms with Crippen molar-refractivity contribution in [1.82, 2.24) is 0 Å². The van der Waals surface area contributed by atoms with Gasteiger partial charge in [0, 0.05) is 15.5 Å². The summed E-state index contributed by atoms with van der Waals surface area (Å²) in [5.74, 6) is 0. The zero-order valence-corrected chi connectivity index (χ0v) is 13.7. The minimum Gasteiger partial charge on any atom is -0.324 e. The number of fused-ring (bicyclic) bond motifs is 1. The van der Waals surface area contributed by atoms with Crippen LogP contribution in [0.5, 0.6) is 0 Å². The van der Waals surface area contributed by atoms with Gasteiger partial charge in [0.25, 0.3) is 0 Å². The summed E-state index contributed by atoms with van der Waals surface area (Å²) in [6.45, 7) is 0. The van der Waals surface area contributed by atoms with Crippen LogP contribution in [-0.2, 0) is 6.42 Å². The highest BCUT2D eigenvalue weighted by molar-refractivity contribution is 9.10. The van der Waals surface area contributed by atoms with Gasteiger partial charge >= 0.3 is 0 Å². The minimum absolute atomic E-state index is 0.0684. The zero-order chi connectivity index (χ0) is 14.8. The number of hydrogen-bond donors (Lipinski definition) is 1. The summed E-state index contributed by atoms with van der Waals surface area (Å²) in [7, 11) is 0. The van der Waals surface area contributed by atoms with Crippen LogP contribution >= 0.6 is 27.5 Å². The van der Waals surface area contributed by atoms with Gasteiger partial charge in [0.1, 0.15) is 0 Å². The lowest BCUT2D eigenvalue weighted by molar-refractivity contribution is 0.722. The van der Waals surface area contributed by atoms with Crippen LogP contribution in [-0.4, -0.2) is 0 Å². The van der Waals surface area contributed by atoms with Gasteiger partial charge in [-0.05, 0) is 46.5 Å². The van der Waals surface area contributed by atoms with E-state index in [4.69, 9.17) is 17.3 Å². The molecule has 3 aromatic carbocycles. The molecular formula is C18H15BrClN. The first-order chi connectivity index (χ1) is 10.1. The molecule has 0 bridgehead atoms. The van der Waals surface area contributed by atoms with Crippen LogP contribution in [0.25, 0.3) is 10.8 Å². The first-order valence-corrected chi connectivity index (χ1v) is 7.98. The Morgan fingerprint density at radius 3 is 2.48 bits per heavy atom. The van der Waals surface area contributed by atoms with E-state index >= 15 is 0 Å². The Morgan fingerprint density at radius 1 is 0.952 bits per heavy atom. The molecule has 0 aliphatic rings. The highest BCUT2D eigenvalue weighted by atomic mass is 79.9. The normalized spacial score (nSPS) is 12.5. The summed E-state index contributed by atoms with van der Waals surface area (Å²) >= 11 is 9.55. The van der Waals surface area contributed by atoms with Crippen LogP contribution in [0, 0.1) is 0 Å². The van der Waals surface area contributed by atoms with Crippen molar-refractivity contribution in [2.24, 2.45) is 5.73 Å². The Kier molecular flexibility index (Phi) is 4.29. The molecule has 0 aliphatic carbocycles. The first-order valence-electron chi connectivity index (χ1n) is 6.81. The molecule has 0 aromatic heterocycles. The average Bonchev–Trinajstić information content (AvgIpc) is 2.46. The summed E-state index contributed by atoms with van der Waals surface area (Å²) < 4.78 is 0.957. The second kappa shape index (κ2) is 6.18. The number of hydrogen-bond acceptors (Lipinski definition) is 1. The van der Waals surface area contributed by atoms with Crippen molar-refractivity contribution in [3.63, 3.8) is 0 Å². The standard InChI is InChI=1S/C18H15BrClN/c19-16-9-15(10-17(20)11-16)18(21)8-12-5-6-13-3-1-2-4-14(13)7-12/h1-7,9-11,18H,8,21H2. The molecule has 21 heavy (non-hydrogen) atoms. The highest BCUT2D eigenvalue weighted by Gasteiger charge is 2.09. The average molecular weight is 361 g/mol. The van der Waals surface area contributed by atoms with Crippen LogP contribution in [0.3, 0.4) is 0 Å². The zero-order valence-electron chi connectivity index (χ0n) is 11.4. The SMILES string of the molecule is NC(Cc1ccc2ccccc2c1)c1cc(Cl)cc(Br)c1. The van der Waals surface area contributed by atoms with E-state index in [1.165, 1.54) is 16.3 Å². The Balaban J connectivity index is 1.86. The van der Waals surface area contributed by atoms with Crippen molar-refractivity contribution in [2.45, 2.75) is 12.5 Å². The molecule has 106 valence electrons. The fraction of sp³-hybridized carbons (Fsp3) is 0.111. The topological polar surface area (TPSA) is 26.0 Å². The number of rotatable bonds is 3. The number of halogens is 2. The molecule has 0 heterocycles. The summed E-state index contributed by atoms with van der Waals surface area (Å²) in [6, 6.07) is 20.6. The number of benzene rings is 3. The lowest BCUT2D eigenvalue weighted by Gasteiger charge is -2.14. The Bertz CT molecular complexity index is 765.